The first-order valence-corrected chi connectivity index (χ1v) is 9.13. The van der Waals surface area contributed by atoms with Crippen LogP contribution < -0.4 is 0 Å². The number of carbonyl (C=O) groups excluding carboxylic acids is 2. The summed E-state index contributed by atoms with van der Waals surface area (Å²) in [4.78, 5) is 24.4. The Kier molecular flexibility index (Phi) is 3.03. The van der Waals surface area contributed by atoms with E-state index in [0.717, 1.165) is 32.1 Å². The summed E-state index contributed by atoms with van der Waals surface area (Å²) >= 11 is 0. The number of carbonyl (C=O) groups is 2. The lowest BCUT2D eigenvalue weighted by atomic mass is 9.47. The third-order valence-corrected chi connectivity index (χ3v) is 7.97. The summed E-state index contributed by atoms with van der Waals surface area (Å²) in [6.45, 7) is 6.96. The molecule has 2 nitrogen and oxygen atoms in total. The van der Waals surface area contributed by atoms with Crippen LogP contribution in [0.2, 0.25) is 0 Å². The molecule has 3 fully saturated rings. The molecule has 0 radical (unpaired) electrons. The van der Waals surface area contributed by atoms with E-state index in [1.54, 1.807) is 0 Å². The van der Waals surface area contributed by atoms with Crippen molar-refractivity contribution in [1.29, 1.82) is 0 Å². The molecule has 0 aromatic heterocycles. The van der Waals surface area contributed by atoms with Gasteiger partial charge in [-0.2, -0.15) is 0 Å². The predicted molar refractivity (Wildman–Crippen MR) is 86.3 cm³/mol. The van der Waals surface area contributed by atoms with Crippen molar-refractivity contribution in [2.45, 2.75) is 65.7 Å². The largest absolute Gasteiger partial charge is 0.299 e. The Morgan fingerprint density at radius 3 is 2.59 bits per heavy atom. The second kappa shape index (κ2) is 4.55. The number of allylic oxidation sites excluding steroid dienone is 1. The first-order chi connectivity index (χ1) is 10.4. The first kappa shape index (κ1) is 14.7. The van der Waals surface area contributed by atoms with Crippen molar-refractivity contribution in [3.63, 3.8) is 0 Å². The first-order valence-electron chi connectivity index (χ1n) is 9.13. The lowest BCUT2D eigenvalue weighted by molar-refractivity contribution is -0.133. The maximum absolute atomic E-state index is 12.6. The molecule has 0 aliphatic heterocycles. The summed E-state index contributed by atoms with van der Waals surface area (Å²) in [5.41, 5.74) is 1.59. The van der Waals surface area contributed by atoms with E-state index in [4.69, 9.17) is 0 Å². The van der Waals surface area contributed by atoms with Crippen LogP contribution in [-0.2, 0) is 9.59 Å². The van der Waals surface area contributed by atoms with Gasteiger partial charge in [-0.15, -0.1) is 0 Å². The predicted octanol–water partition coefficient (Wildman–Crippen LogP) is 4.33. The van der Waals surface area contributed by atoms with Crippen LogP contribution in [0.25, 0.3) is 0 Å². The van der Waals surface area contributed by atoms with Crippen LogP contribution >= 0.6 is 0 Å². The normalized spacial score (nSPS) is 51.0. The molecule has 0 spiro atoms. The number of hydrogen-bond acceptors (Lipinski definition) is 2. The highest BCUT2D eigenvalue weighted by atomic mass is 16.1. The Hall–Kier alpha value is -0.920. The van der Waals surface area contributed by atoms with Gasteiger partial charge in [-0.3, -0.25) is 9.59 Å². The van der Waals surface area contributed by atoms with Crippen molar-refractivity contribution in [2.24, 2.45) is 34.5 Å². The van der Waals surface area contributed by atoms with Crippen LogP contribution in [0.1, 0.15) is 65.7 Å². The van der Waals surface area contributed by atoms with Crippen LogP contribution in [0.5, 0.6) is 0 Å². The smallest absolute Gasteiger partial charge is 0.155 e. The average Bonchev–Trinajstić information content (AvgIpc) is 2.70. The number of hydrogen-bond donors (Lipinski definition) is 0. The molecule has 0 aromatic carbocycles. The summed E-state index contributed by atoms with van der Waals surface area (Å²) in [5.74, 6) is 3.35. The monoisotopic (exact) mass is 300 g/mol. The van der Waals surface area contributed by atoms with Gasteiger partial charge in [0.1, 0.15) is 5.78 Å². The second-order valence-electron chi connectivity index (χ2n) is 8.95. The molecule has 3 saturated carbocycles. The molecule has 0 heterocycles. The van der Waals surface area contributed by atoms with E-state index in [2.05, 4.69) is 20.8 Å². The van der Waals surface area contributed by atoms with Crippen LogP contribution in [0.4, 0.5) is 0 Å². The van der Waals surface area contributed by atoms with E-state index < -0.39 is 0 Å². The standard InChI is InChI=1S/C20H28O2/c1-12-10-17(22)20(3)9-7-16-15(18(12)20)5-4-13-11-14(21)6-8-19(13,16)2/h11-12,15-16,18H,4-10H2,1-3H3/t12-,15-,16+,18+,19+,20-/m1/s1. The van der Waals surface area contributed by atoms with Crippen molar-refractivity contribution in [1.82, 2.24) is 0 Å². The topological polar surface area (TPSA) is 34.1 Å². The quantitative estimate of drug-likeness (QED) is 0.667. The van der Waals surface area contributed by atoms with Crippen molar-refractivity contribution in [2.75, 3.05) is 0 Å². The van der Waals surface area contributed by atoms with Crippen molar-refractivity contribution in [3.05, 3.63) is 11.6 Å². The van der Waals surface area contributed by atoms with Crippen molar-refractivity contribution < 1.29 is 9.59 Å². The maximum atomic E-state index is 12.6. The average molecular weight is 300 g/mol. The molecule has 2 heteroatoms. The highest BCUT2D eigenvalue weighted by molar-refractivity contribution is 5.91. The minimum absolute atomic E-state index is 0.0529. The summed E-state index contributed by atoms with van der Waals surface area (Å²) in [6, 6.07) is 0. The molecule has 120 valence electrons. The maximum Gasteiger partial charge on any atom is 0.155 e. The fourth-order valence-corrected chi connectivity index (χ4v) is 6.84. The molecule has 0 N–H and O–H groups in total. The third-order valence-electron chi connectivity index (χ3n) is 7.97. The van der Waals surface area contributed by atoms with Crippen molar-refractivity contribution in [3.8, 4) is 0 Å². The molecule has 22 heavy (non-hydrogen) atoms. The van der Waals surface area contributed by atoms with E-state index in [9.17, 15) is 9.59 Å². The molecule has 4 aliphatic rings. The summed E-state index contributed by atoms with van der Waals surface area (Å²) < 4.78 is 0. The van der Waals surface area contributed by atoms with E-state index in [0.29, 0.717) is 35.2 Å². The van der Waals surface area contributed by atoms with Crippen molar-refractivity contribution >= 4 is 11.6 Å². The van der Waals surface area contributed by atoms with Crippen LogP contribution in [0, 0.1) is 34.5 Å². The van der Waals surface area contributed by atoms with E-state index in [1.165, 1.54) is 18.4 Å². The van der Waals surface area contributed by atoms with E-state index >= 15 is 0 Å². The number of Topliss-reactive ketones (excluding diaryl/α,β-unsaturated/α-hetero) is 1. The van der Waals surface area contributed by atoms with Crippen LogP contribution in [0.15, 0.2) is 11.6 Å². The van der Waals surface area contributed by atoms with Gasteiger partial charge in [-0.05, 0) is 67.3 Å². The summed E-state index contributed by atoms with van der Waals surface area (Å²) in [5, 5.41) is 0. The highest BCUT2D eigenvalue weighted by Gasteiger charge is 2.60. The minimum Gasteiger partial charge on any atom is -0.299 e. The molecule has 0 amide bonds. The molecule has 6 atom stereocenters. The molecule has 0 aromatic rings. The Morgan fingerprint density at radius 2 is 1.82 bits per heavy atom. The SMILES string of the molecule is C[C@@H]1CC(=O)[C@@]2(C)CC[C@H]3[C@@H](CCC4=CC(=O)CC[C@@]43C)[C@H]12. The molecular formula is C20H28O2. The van der Waals surface area contributed by atoms with Gasteiger partial charge in [0, 0.05) is 18.3 Å². The van der Waals surface area contributed by atoms with Crippen LogP contribution in [0.3, 0.4) is 0 Å². The Bertz CT molecular complexity index is 574. The summed E-state index contributed by atoms with van der Waals surface area (Å²) in [7, 11) is 0. The lowest BCUT2D eigenvalue weighted by Gasteiger charge is -2.57. The van der Waals surface area contributed by atoms with Gasteiger partial charge in [-0.25, -0.2) is 0 Å². The zero-order valence-corrected chi connectivity index (χ0v) is 14.2. The highest BCUT2D eigenvalue weighted by Crippen LogP contribution is 2.65. The molecule has 0 unspecified atom stereocenters. The van der Waals surface area contributed by atoms with Gasteiger partial charge in [0.05, 0.1) is 0 Å². The van der Waals surface area contributed by atoms with E-state index in [-0.39, 0.29) is 10.8 Å². The lowest BCUT2D eigenvalue weighted by Crippen LogP contribution is -2.51. The van der Waals surface area contributed by atoms with Gasteiger partial charge in [0.2, 0.25) is 0 Å². The fraction of sp³-hybridized carbons (Fsp3) is 0.800. The van der Waals surface area contributed by atoms with Gasteiger partial charge < -0.3 is 0 Å². The Balaban J connectivity index is 1.73. The minimum atomic E-state index is -0.0529. The number of ketones is 2. The zero-order chi connectivity index (χ0) is 15.7. The molecule has 4 rings (SSSR count). The fourth-order valence-electron chi connectivity index (χ4n) is 6.84. The number of fused-ring (bicyclic) bond motifs is 5. The summed E-state index contributed by atoms with van der Waals surface area (Å²) in [6.07, 6.45) is 9.04. The van der Waals surface area contributed by atoms with Gasteiger partial charge in [-0.1, -0.05) is 26.3 Å². The number of rotatable bonds is 0. The molecule has 0 saturated heterocycles. The Labute approximate surface area is 133 Å². The molecular weight excluding hydrogens is 272 g/mol. The second-order valence-corrected chi connectivity index (χ2v) is 8.95. The van der Waals surface area contributed by atoms with E-state index in [1.807, 2.05) is 6.08 Å². The zero-order valence-electron chi connectivity index (χ0n) is 14.2. The van der Waals surface area contributed by atoms with Crippen LogP contribution in [-0.4, -0.2) is 11.6 Å². The Morgan fingerprint density at radius 1 is 1.05 bits per heavy atom. The molecule has 4 aliphatic carbocycles. The van der Waals surface area contributed by atoms with Gasteiger partial charge >= 0.3 is 0 Å². The van der Waals surface area contributed by atoms with Gasteiger partial charge in [0.15, 0.2) is 5.78 Å². The third kappa shape index (κ3) is 1.73. The van der Waals surface area contributed by atoms with Gasteiger partial charge in [0.25, 0.3) is 0 Å². The molecule has 0 bridgehead atoms.